The van der Waals surface area contributed by atoms with Crippen LogP contribution in [0.5, 0.6) is 5.75 Å². The molecule has 1 atom stereocenters. The second kappa shape index (κ2) is 6.75. The highest BCUT2D eigenvalue weighted by molar-refractivity contribution is 5.94. The fraction of sp³-hybridized carbons (Fsp3) is 0.562. The maximum absolute atomic E-state index is 12.4. The highest BCUT2D eigenvalue weighted by Crippen LogP contribution is 2.18. The number of hydrogen-bond acceptors (Lipinski definition) is 3. The van der Waals surface area contributed by atoms with Gasteiger partial charge in [0.1, 0.15) is 5.75 Å². The van der Waals surface area contributed by atoms with E-state index in [0.29, 0.717) is 31.2 Å². The van der Waals surface area contributed by atoms with Crippen LogP contribution < -0.4 is 4.74 Å². The number of carbonyl (C=O) groups is 1. The van der Waals surface area contributed by atoms with E-state index in [1.54, 1.807) is 17.0 Å². The Morgan fingerprint density at radius 2 is 2.30 bits per heavy atom. The number of carbonyl (C=O) groups excluding carboxylic acids is 1. The molecule has 1 saturated heterocycles. The van der Waals surface area contributed by atoms with Crippen LogP contribution in [0, 0.1) is 5.92 Å². The number of hydrogen-bond donors (Lipinski definition) is 1. The quantitative estimate of drug-likeness (QED) is 0.919. The number of benzene rings is 1. The molecule has 1 aliphatic rings. The molecule has 20 heavy (non-hydrogen) atoms. The molecule has 1 aromatic carbocycles. The molecule has 0 saturated carbocycles. The maximum atomic E-state index is 12.4. The van der Waals surface area contributed by atoms with Crippen molar-refractivity contribution in [1.29, 1.82) is 0 Å². The molecule has 1 aliphatic heterocycles. The average Bonchev–Trinajstić information content (AvgIpc) is 2.44. The summed E-state index contributed by atoms with van der Waals surface area (Å²) in [5, 5.41) is 9.66. The molecule has 1 unspecified atom stereocenters. The van der Waals surface area contributed by atoms with E-state index in [1.807, 2.05) is 12.1 Å². The van der Waals surface area contributed by atoms with Crippen LogP contribution in [-0.4, -0.2) is 41.7 Å². The van der Waals surface area contributed by atoms with Crippen molar-refractivity contribution in [1.82, 2.24) is 4.90 Å². The average molecular weight is 277 g/mol. The van der Waals surface area contributed by atoms with Crippen LogP contribution in [0.4, 0.5) is 0 Å². The predicted molar refractivity (Wildman–Crippen MR) is 77.9 cm³/mol. The summed E-state index contributed by atoms with van der Waals surface area (Å²) in [7, 11) is 0. The summed E-state index contributed by atoms with van der Waals surface area (Å²) in [5.41, 5.74) is 0.625. The SMILES string of the molecule is CC(C)COc1cccc(C(=O)N2CCCC(O)C2)c1. The van der Waals surface area contributed by atoms with E-state index >= 15 is 0 Å². The van der Waals surface area contributed by atoms with Crippen LogP contribution in [0.2, 0.25) is 0 Å². The molecular formula is C16H23NO3. The monoisotopic (exact) mass is 277 g/mol. The van der Waals surface area contributed by atoms with Gasteiger partial charge in [-0.25, -0.2) is 0 Å². The number of β-amino-alcohol motifs (C(OH)–C–C–N with tert-alkyl or cyclic N) is 1. The van der Waals surface area contributed by atoms with Crippen LogP contribution in [0.3, 0.4) is 0 Å². The number of rotatable bonds is 4. The topological polar surface area (TPSA) is 49.8 Å². The van der Waals surface area contributed by atoms with Gasteiger partial charge in [0.2, 0.25) is 0 Å². The van der Waals surface area contributed by atoms with Crippen molar-refractivity contribution in [3.8, 4) is 5.75 Å². The molecule has 110 valence electrons. The first kappa shape index (κ1) is 14.9. The summed E-state index contributed by atoms with van der Waals surface area (Å²) in [6.45, 7) is 5.96. The number of aliphatic hydroxyl groups is 1. The Hall–Kier alpha value is -1.55. The van der Waals surface area contributed by atoms with Gasteiger partial charge in [-0.2, -0.15) is 0 Å². The summed E-state index contributed by atoms with van der Waals surface area (Å²) in [4.78, 5) is 14.1. The molecule has 1 amide bonds. The van der Waals surface area contributed by atoms with E-state index in [4.69, 9.17) is 4.74 Å². The zero-order valence-electron chi connectivity index (χ0n) is 12.2. The first-order chi connectivity index (χ1) is 9.56. The lowest BCUT2D eigenvalue weighted by Gasteiger charge is -2.30. The minimum absolute atomic E-state index is 0.0289. The standard InChI is InChI=1S/C16H23NO3/c1-12(2)11-20-15-7-3-5-13(9-15)16(19)17-8-4-6-14(18)10-17/h3,5,7,9,12,14,18H,4,6,8,10-11H2,1-2H3. The minimum atomic E-state index is -0.395. The number of piperidine rings is 1. The van der Waals surface area contributed by atoms with Crippen molar-refractivity contribution in [2.45, 2.75) is 32.8 Å². The molecule has 0 aromatic heterocycles. The smallest absolute Gasteiger partial charge is 0.254 e. The summed E-state index contributed by atoms with van der Waals surface area (Å²) in [5.74, 6) is 1.15. The van der Waals surface area contributed by atoms with Crippen LogP contribution >= 0.6 is 0 Å². The van der Waals surface area contributed by atoms with Crippen LogP contribution in [0.15, 0.2) is 24.3 Å². The highest BCUT2D eigenvalue weighted by Gasteiger charge is 2.23. The largest absolute Gasteiger partial charge is 0.493 e. The van der Waals surface area contributed by atoms with Crippen molar-refractivity contribution in [2.24, 2.45) is 5.92 Å². The highest BCUT2D eigenvalue weighted by atomic mass is 16.5. The summed E-state index contributed by atoms with van der Waals surface area (Å²) in [6, 6.07) is 7.28. The molecule has 2 rings (SSSR count). The Morgan fingerprint density at radius 3 is 3.00 bits per heavy atom. The second-order valence-electron chi connectivity index (χ2n) is 5.78. The summed E-state index contributed by atoms with van der Waals surface area (Å²) in [6.07, 6.45) is 1.24. The number of ether oxygens (including phenoxy) is 1. The molecule has 1 fully saturated rings. The third-order valence-corrected chi connectivity index (χ3v) is 3.35. The molecule has 1 N–H and O–H groups in total. The van der Waals surface area contributed by atoms with Crippen LogP contribution in [0.1, 0.15) is 37.0 Å². The number of nitrogens with zero attached hydrogens (tertiary/aromatic N) is 1. The molecule has 0 radical (unpaired) electrons. The lowest BCUT2D eigenvalue weighted by atomic mass is 10.1. The Labute approximate surface area is 120 Å². The van der Waals surface area contributed by atoms with E-state index in [9.17, 15) is 9.90 Å². The first-order valence-corrected chi connectivity index (χ1v) is 7.26. The van der Waals surface area contributed by atoms with Gasteiger partial charge in [-0.1, -0.05) is 19.9 Å². The normalized spacial score (nSPS) is 19.2. The Morgan fingerprint density at radius 1 is 1.50 bits per heavy atom. The van der Waals surface area contributed by atoms with Gasteiger partial charge >= 0.3 is 0 Å². The van der Waals surface area contributed by atoms with Gasteiger partial charge in [-0.05, 0) is 37.0 Å². The van der Waals surface area contributed by atoms with Gasteiger partial charge in [0, 0.05) is 18.7 Å². The van der Waals surface area contributed by atoms with Gasteiger partial charge in [-0.3, -0.25) is 4.79 Å². The fourth-order valence-corrected chi connectivity index (χ4v) is 2.30. The van der Waals surface area contributed by atoms with Gasteiger partial charge < -0.3 is 14.7 Å². The van der Waals surface area contributed by atoms with E-state index < -0.39 is 6.10 Å². The first-order valence-electron chi connectivity index (χ1n) is 7.26. The van der Waals surface area contributed by atoms with Crippen molar-refractivity contribution >= 4 is 5.91 Å². The predicted octanol–water partition coefficient (Wildman–Crippen LogP) is 2.32. The molecule has 4 nitrogen and oxygen atoms in total. The molecule has 1 aromatic rings. The lowest BCUT2D eigenvalue weighted by Crippen LogP contribution is -2.42. The van der Waals surface area contributed by atoms with Crippen molar-refractivity contribution in [3.63, 3.8) is 0 Å². The molecule has 0 bridgehead atoms. The summed E-state index contributed by atoms with van der Waals surface area (Å²) >= 11 is 0. The van der Waals surface area contributed by atoms with E-state index in [-0.39, 0.29) is 5.91 Å². The van der Waals surface area contributed by atoms with E-state index in [2.05, 4.69) is 13.8 Å². The third kappa shape index (κ3) is 3.97. The van der Waals surface area contributed by atoms with E-state index in [0.717, 1.165) is 18.6 Å². The minimum Gasteiger partial charge on any atom is -0.493 e. The lowest BCUT2D eigenvalue weighted by molar-refractivity contribution is 0.0473. The summed E-state index contributed by atoms with van der Waals surface area (Å²) < 4.78 is 5.65. The molecule has 4 heteroatoms. The van der Waals surface area contributed by atoms with E-state index in [1.165, 1.54) is 0 Å². The van der Waals surface area contributed by atoms with Gasteiger partial charge in [0.05, 0.1) is 12.7 Å². The van der Waals surface area contributed by atoms with Gasteiger partial charge in [0.25, 0.3) is 5.91 Å². The zero-order valence-corrected chi connectivity index (χ0v) is 12.2. The molecule has 0 aliphatic carbocycles. The third-order valence-electron chi connectivity index (χ3n) is 3.35. The van der Waals surface area contributed by atoms with Crippen molar-refractivity contribution < 1.29 is 14.6 Å². The fourth-order valence-electron chi connectivity index (χ4n) is 2.30. The van der Waals surface area contributed by atoms with Crippen LogP contribution in [-0.2, 0) is 0 Å². The number of likely N-dealkylation sites (tertiary alicyclic amines) is 1. The Bertz CT molecular complexity index is 459. The van der Waals surface area contributed by atoms with Gasteiger partial charge in [0.15, 0.2) is 0 Å². The van der Waals surface area contributed by atoms with Crippen molar-refractivity contribution in [2.75, 3.05) is 19.7 Å². The van der Waals surface area contributed by atoms with Crippen molar-refractivity contribution in [3.05, 3.63) is 29.8 Å². The second-order valence-corrected chi connectivity index (χ2v) is 5.78. The Kier molecular flexibility index (Phi) is 5.01. The Balaban J connectivity index is 2.04. The van der Waals surface area contributed by atoms with Crippen LogP contribution in [0.25, 0.3) is 0 Å². The zero-order chi connectivity index (χ0) is 14.5. The maximum Gasteiger partial charge on any atom is 0.254 e. The molecule has 0 spiro atoms. The van der Waals surface area contributed by atoms with Gasteiger partial charge in [-0.15, -0.1) is 0 Å². The molecule has 1 heterocycles. The molecular weight excluding hydrogens is 254 g/mol. The number of amides is 1. The number of aliphatic hydroxyl groups excluding tert-OH is 1.